The molecule has 0 bridgehead atoms. The van der Waals surface area contributed by atoms with Gasteiger partial charge in [0.15, 0.2) is 6.10 Å². The molecule has 0 aliphatic carbocycles. The van der Waals surface area contributed by atoms with Gasteiger partial charge in [-0.15, -0.1) is 0 Å². The molecule has 0 amide bonds. The molecule has 0 aliphatic heterocycles. The van der Waals surface area contributed by atoms with Crippen LogP contribution in [-0.4, -0.2) is 37.2 Å². The molecule has 0 unspecified atom stereocenters. The third-order valence-electron chi connectivity index (χ3n) is 12.6. The fourth-order valence-corrected chi connectivity index (χ4v) is 8.45. The van der Waals surface area contributed by atoms with Gasteiger partial charge in [-0.2, -0.15) is 0 Å². The number of ether oxygens (including phenoxy) is 3. The molecule has 0 fully saturated rings. The lowest BCUT2D eigenvalue weighted by Crippen LogP contribution is -2.30. The molecule has 0 radical (unpaired) electrons. The summed E-state index contributed by atoms with van der Waals surface area (Å²) in [5.41, 5.74) is 0. The summed E-state index contributed by atoms with van der Waals surface area (Å²) in [7, 11) is 0. The Balaban J connectivity index is 4.27. The molecule has 0 aromatic heterocycles. The molecule has 0 saturated carbocycles. The first-order valence-corrected chi connectivity index (χ1v) is 27.5. The van der Waals surface area contributed by atoms with Crippen molar-refractivity contribution in [1.82, 2.24) is 0 Å². The summed E-state index contributed by atoms with van der Waals surface area (Å²) in [6.07, 6.45) is 55.1. The summed E-state index contributed by atoms with van der Waals surface area (Å²) in [5, 5.41) is 0. The molecule has 61 heavy (non-hydrogen) atoms. The van der Waals surface area contributed by atoms with E-state index in [1.54, 1.807) is 0 Å². The Morgan fingerprint density at radius 1 is 0.262 bits per heavy atom. The predicted molar refractivity (Wildman–Crippen MR) is 261 cm³/mol. The van der Waals surface area contributed by atoms with E-state index in [4.69, 9.17) is 14.2 Å². The molecule has 362 valence electrons. The topological polar surface area (TPSA) is 78.9 Å². The zero-order valence-corrected chi connectivity index (χ0v) is 41.5. The standard InChI is InChI=1S/C55H106O6/c1-4-7-10-13-16-19-22-25-27-28-29-31-34-36-39-42-45-48-54(57)60-51-52(61-55(58)49-46-43-40-37-32-24-21-18-15-12-9-6-3)50-59-53(56)47-44-41-38-35-33-30-26-23-20-17-14-11-8-5-2/h52H,4-51H2,1-3H3/t52-/m0/s1. The molecule has 0 saturated heterocycles. The van der Waals surface area contributed by atoms with E-state index in [-0.39, 0.29) is 31.1 Å². The molecular formula is C55H106O6. The molecule has 0 aromatic carbocycles. The van der Waals surface area contributed by atoms with Crippen LogP contribution in [0.1, 0.15) is 316 Å². The Hall–Kier alpha value is -1.59. The van der Waals surface area contributed by atoms with E-state index in [1.807, 2.05) is 0 Å². The van der Waals surface area contributed by atoms with Gasteiger partial charge in [-0.25, -0.2) is 0 Å². The minimum Gasteiger partial charge on any atom is -0.462 e. The molecule has 0 rings (SSSR count). The average molecular weight is 863 g/mol. The SMILES string of the molecule is CCCCCCCCCCCCCCCCCCCC(=O)OC[C@H](COC(=O)CCCCCCCCCCCCCCCC)OC(=O)CCCCCCCCCCCCCC. The van der Waals surface area contributed by atoms with Gasteiger partial charge in [0.2, 0.25) is 0 Å². The van der Waals surface area contributed by atoms with Crippen LogP contribution in [0.2, 0.25) is 0 Å². The molecule has 0 spiro atoms. The van der Waals surface area contributed by atoms with E-state index in [2.05, 4.69) is 20.8 Å². The van der Waals surface area contributed by atoms with Crippen LogP contribution in [0, 0.1) is 0 Å². The van der Waals surface area contributed by atoms with Gasteiger partial charge >= 0.3 is 17.9 Å². The van der Waals surface area contributed by atoms with E-state index in [0.29, 0.717) is 19.3 Å². The summed E-state index contributed by atoms with van der Waals surface area (Å²) < 4.78 is 16.8. The summed E-state index contributed by atoms with van der Waals surface area (Å²) in [4.78, 5) is 38.0. The highest BCUT2D eigenvalue weighted by atomic mass is 16.6. The van der Waals surface area contributed by atoms with Gasteiger partial charge in [0.25, 0.3) is 0 Å². The molecular weight excluding hydrogens is 757 g/mol. The first-order chi connectivity index (χ1) is 30.0. The Bertz CT molecular complexity index is 905. The maximum absolute atomic E-state index is 12.8. The molecule has 6 heteroatoms. The Labute approximate surface area is 380 Å². The normalized spacial score (nSPS) is 11.9. The second-order valence-electron chi connectivity index (χ2n) is 18.9. The smallest absolute Gasteiger partial charge is 0.306 e. The highest BCUT2D eigenvalue weighted by Crippen LogP contribution is 2.17. The summed E-state index contributed by atoms with van der Waals surface area (Å²) in [5.74, 6) is -0.836. The number of hydrogen-bond donors (Lipinski definition) is 0. The van der Waals surface area contributed by atoms with Crippen molar-refractivity contribution in [3.05, 3.63) is 0 Å². The van der Waals surface area contributed by atoms with E-state index in [0.717, 1.165) is 57.8 Å². The molecule has 0 aliphatic rings. The second kappa shape index (κ2) is 51.0. The number of esters is 3. The Kier molecular flexibility index (Phi) is 49.7. The van der Waals surface area contributed by atoms with Crippen LogP contribution in [-0.2, 0) is 28.6 Å². The van der Waals surface area contributed by atoms with Crippen LogP contribution in [0.25, 0.3) is 0 Å². The third kappa shape index (κ3) is 49.3. The Morgan fingerprint density at radius 2 is 0.443 bits per heavy atom. The average Bonchev–Trinajstić information content (AvgIpc) is 3.26. The van der Waals surface area contributed by atoms with Crippen molar-refractivity contribution in [1.29, 1.82) is 0 Å². The van der Waals surface area contributed by atoms with E-state index < -0.39 is 6.10 Å². The van der Waals surface area contributed by atoms with Crippen molar-refractivity contribution in [2.75, 3.05) is 13.2 Å². The molecule has 0 aromatic rings. The van der Waals surface area contributed by atoms with Crippen molar-refractivity contribution in [3.8, 4) is 0 Å². The number of carbonyl (C=O) groups excluding carboxylic acids is 3. The first kappa shape index (κ1) is 59.4. The highest BCUT2D eigenvalue weighted by molar-refractivity contribution is 5.71. The lowest BCUT2D eigenvalue weighted by molar-refractivity contribution is -0.167. The summed E-state index contributed by atoms with van der Waals surface area (Å²) in [6, 6.07) is 0. The monoisotopic (exact) mass is 863 g/mol. The fraction of sp³-hybridized carbons (Fsp3) is 0.945. The molecule has 0 heterocycles. The van der Waals surface area contributed by atoms with Crippen molar-refractivity contribution in [2.24, 2.45) is 0 Å². The van der Waals surface area contributed by atoms with Crippen molar-refractivity contribution < 1.29 is 28.6 Å². The van der Waals surface area contributed by atoms with Crippen molar-refractivity contribution >= 4 is 17.9 Å². The lowest BCUT2D eigenvalue weighted by atomic mass is 10.0. The van der Waals surface area contributed by atoms with Gasteiger partial charge in [0, 0.05) is 19.3 Å². The fourth-order valence-electron chi connectivity index (χ4n) is 8.45. The quantitative estimate of drug-likeness (QED) is 0.0344. The minimum absolute atomic E-state index is 0.0614. The van der Waals surface area contributed by atoms with Crippen LogP contribution >= 0.6 is 0 Å². The van der Waals surface area contributed by atoms with Crippen LogP contribution in [0.15, 0.2) is 0 Å². The summed E-state index contributed by atoms with van der Waals surface area (Å²) in [6.45, 7) is 6.69. The number of rotatable bonds is 51. The van der Waals surface area contributed by atoms with Gasteiger partial charge in [0.05, 0.1) is 0 Å². The van der Waals surface area contributed by atoms with Gasteiger partial charge in [-0.3, -0.25) is 14.4 Å². The van der Waals surface area contributed by atoms with E-state index in [9.17, 15) is 14.4 Å². The van der Waals surface area contributed by atoms with E-state index in [1.165, 1.54) is 218 Å². The van der Waals surface area contributed by atoms with Crippen LogP contribution in [0.3, 0.4) is 0 Å². The molecule has 0 N–H and O–H groups in total. The second-order valence-corrected chi connectivity index (χ2v) is 18.9. The largest absolute Gasteiger partial charge is 0.462 e. The third-order valence-corrected chi connectivity index (χ3v) is 12.6. The van der Waals surface area contributed by atoms with Crippen LogP contribution < -0.4 is 0 Å². The van der Waals surface area contributed by atoms with Crippen LogP contribution in [0.5, 0.6) is 0 Å². The van der Waals surface area contributed by atoms with E-state index >= 15 is 0 Å². The van der Waals surface area contributed by atoms with Crippen molar-refractivity contribution in [3.63, 3.8) is 0 Å². The van der Waals surface area contributed by atoms with Crippen molar-refractivity contribution in [2.45, 2.75) is 322 Å². The Morgan fingerprint density at radius 3 is 0.656 bits per heavy atom. The molecule has 1 atom stereocenters. The maximum Gasteiger partial charge on any atom is 0.306 e. The zero-order valence-electron chi connectivity index (χ0n) is 41.5. The van der Waals surface area contributed by atoms with Gasteiger partial charge in [-0.1, -0.05) is 278 Å². The first-order valence-electron chi connectivity index (χ1n) is 27.5. The number of unbranched alkanes of at least 4 members (excludes halogenated alkanes) is 40. The molecule has 6 nitrogen and oxygen atoms in total. The van der Waals surface area contributed by atoms with Gasteiger partial charge in [0.1, 0.15) is 13.2 Å². The van der Waals surface area contributed by atoms with Gasteiger partial charge in [-0.05, 0) is 19.3 Å². The van der Waals surface area contributed by atoms with Gasteiger partial charge < -0.3 is 14.2 Å². The minimum atomic E-state index is -0.760. The highest BCUT2D eigenvalue weighted by Gasteiger charge is 2.19. The number of hydrogen-bond acceptors (Lipinski definition) is 6. The summed E-state index contributed by atoms with van der Waals surface area (Å²) >= 11 is 0. The number of carbonyl (C=O) groups is 3. The predicted octanol–water partition coefficient (Wildman–Crippen LogP) is 18.0. The maximum atomic E-state index is 12.8. The van der Waals surface area contributed by atoms with Crippen LogP contribution in [0.4, 0.5) is 0 Å². The zero-order chi connectivity index (χ0) is 44.4. The lowest BCUT2D eigenvalue weighted by Gasteiger charge is -2.18.